The first-order valence-electron chi connectivity index (χ1n) is 6.65. The summed E-state index contributed by atoms with van der Waals surface area (Å²) in [6.07, 6.45) is 3.02. The largest absolute Gasteiger partial charge is 0.435 e. The maximum atomic E-state index is 9.25. The first kappa shape index (κ1) is 12.5. The molecule has 0 fully saturated rings. The van der Waals surface area contributed by atoms with E-state index in [1.165, 1.54) is 0 Å². The Kier molecular flexibility index (Phi) is 3.03. The average molecular weight is 265 g/mol. The number of aromatic nitrogens is 1. The summed E-state index contributed by atoms with van der Waals surface area (Å²) in [7, 11) is 0. The van der Waals surface area contributed by atoms with Crippen molar-refractivity contribution in [2.45, 2.75) is 26.2 Å². The van der Waals surface area contributed by atoms with Crippen LogP contribution < -0.4 is 10.5 Å². The van der Waals surface area contributed by atoms with E-state index in [0.29, 0.717) is 22.9 Å². The van der Waals surface area contributed by atoms with Gasteiger partial charge in [0.05, 0.1) is 5.69 Å². The van der Waals surface area contributed by atoms with Crippen molar-refractivity contribution in [3.05, 3.63) is 46.6 Å². The molecular formula is C16H15N3O. The van der Waals surface area contributed by atoms with Crippen LogP contribution in [0.2, 0.25) is 0 Å². The molecule has 0 unspecified atom stereocenters. The molecule has 1 aliphatic carbocycles. The molecule has 0 radical (unpaired) electrons. The molecule has 4 heteroatoms. The van der Waals surface area contributed by atoms with Gasteiger partial charge in [-0.1, -0.05) is 12.1 Å². The molecule has 0 amide bonds. The molecule has 4 nitrogen and oxygen atoms in total. The standard InChI is InChI=1S/C16H15N3O/c1-10-4-2-7-14(15(10)18)20-16-12(9-17)8-11-5-3-6-13(11)19-16/h2,4,7-8H,3,5-6,18H2,1H3. The maximum Gasteiger partial charge on any atom is 0.237 e. The zero-order valence-electron chi connectivity index (χ0n) is 11.3. The Morgan fingerprint density at radius 2 is 2.20 bits per heavy atom. The lowest BCUT2D eigenvalue weighted by Gasteiger charge is -2.11. The second kappa shape index (κ2) is 4.86. The van der Waals surface area contributed by atoms with Crippen LogP contribution in [0.4, 0.5) is 5.69 Å². The lowest BCUT2D eigenvalue weighted by Crippen LogP contribution is -2.00. The van der Waals surface area contributed by atoms with E-state index in [1.807, 2.05) is 25.1 Å². The van der Waals surface area contributed by atoms with Crippen LogP contribution in [0.5, 0.6) is 11.6 Å². The number of benzene rings is 1. The predicted molar refractivity (Wildman–Crippen MR) is 76.6 cm³/mol. The quantitative estimate of drug-likeness (QED) is 0.847. The summed E-state index contributed by atoms with van der Waals surface area (Å²) in [6.45, 7) is 1.92. The number of hydrogen-bond acceptors (Lipinski definition) is 4. The number of para-hydroxylation sites is 1. The van der Waals surface area contributed by atoms with Gasteiger partial charge in [-0.3, -0.25) is 0 Å². The van der Waals surface area contributed by atoms with E-state index >= 15 is 0 Å². The fraction of sp³-hybridized carbons (Fsp3) is 0.250. The van der Waals surface area contributed by atoms with Crippen LogP contribution in [0.3, 0.4) is 0 Å². The normalized spacial score (nSPS) is 12.8. The maximum absolute atomic E-state index is 9.25. The SMILES string of the molecule is Cc1cccc(Oc2nc3c(cc2C#N)CCC3)c1N. The van der Waals surface area contributed by atoms with Gasteiger partial charge in [-0.25, -0.2) is 4.98 Å². The Bertz CT molecular complexity index is 716. The molecule has 0 bridgehead atoms. The molecule has 1 aromatic heterocycles. The van der Waals surface area contributed by atoms with Crippen LogP contribution in [-0.4, -0.2) is 4.98 Å². The molecule has 100 valence electrons. The van der Waals surface area contributed by atoms with Crippen LogP contribution in [0, 0.1) is 18.3 Å². The Morgan fingerprint density at radius 1 is 1.35 bits per heavy atom. The average Bonchev–Trinajstić information content (AvgIpc) is 2.90. The monoisotopic (exact) mass is 265 g/mol. The lowest BCUT2D eigenvalue weighted by atomic mass is 10.1. The number of nitriles is 1. The van der Waals surface area contributed by atoms with Crippen molar-refractivity contribution in [1.82, 2.24) is 4.98 Å². The van der Waals surface area contributed by atoms with Gasteiger partial charge in [0.15, 0.2) is 5.75 Å². The summed E-state index contributed by atoms with van der Waals surface area (Å²) < 4.78 is 5.78. The first-order valence-corrected chi connectivity index (χ1v) is 6.65. The third-order valence-corrected chi connectivity index (χ3v) is 3.63. The van der Waals surface area contributed by atoms with Gasteiger partial charge in [0.2, 0.25) is 5.88 Å². The molecule has 1 aromatic carbocycles. The number of ether oxygens (including phenoxy) is 1. The Hall–Kier alpha value is -2.54. The zero-order valence-corrected chi connectivity index (χ0v) is 11.3. The van der Waals surface area contributed by atoms with Gasteiger partial charge in [-0.15, -0.1) is 0 Å². The summed E-state index contributed by atoms with van der Waals surface area (Å²) in [5.74, 6) is 0.900. The summed E-state index contributed by atoms with van der Waals surface area (Å²) in [4.78, 5) is 4.49. The van der Waals surface area contributed by atoms with E-state index in [4.69, 9.17) is 10.5 Å². The number of anilines is 1. The van der Waals surface area contributed by atoms with Gasteiger partial charge in [0.25, 0.3) is 0 Å². The van der Waals surface area contributed by atoms with E-state index in [2.05, 4.69) is 11.1 Å². The summed E-state index contributed by atoms with van der Waals surface area (Å²) in [5.41, 5.74) is 10.2. The van der Waals surface area contributed by atoms with Crippen LogP contribution in [-0.2, 0) is 12.8 Å². The van der Waals surface area contributed by atoms with Crippen molar-refractivity contribution >= 4 is 5.69 Å². The molecule has 0 spiro atoms. The van der Waals surface area contributed by atoms with E-state index in [1.54, 1.807) is 6.07 Å². The third-order valence-electron chi connectivity index (χ3n) is 3.63. The number of nitrogen functional groups attached to an aromatic ring is 1. The van der Waals surface area contributed by atoms with Crippen LogP contribution in [0.1, 0.15) is 28.8 Å². The first-order chi connectivity index (χ1) is 9.69. The molecule has 1 heterocycles. The van der Waals surface area contributed by atoms with E-state index in [0.717, 1.165) is 36.1 Å². The van der Waals surface area contributed by atoms with E-state index < -0.39 is 0 Å². The fourth-order valence-corrected chi connectivity index (χ4v) is 2.46. The highest BCUT2D eigenvalue weighted by Crippen LogP contribution is 2.32. The van der Waals surface area contributed by atoms with E-state index in [9.17, 15) is 5.26 Å². The molecular weight excluding hydrogens is 250 g/mol. The number of hydrogen-bond donors (Lipinski definition) is 1. The van der Waals surface area contributed by atoms with Gasteiger partial charge in [0, 0.05) is 5.69 Å². The van der Waals surface area contributed by atoms with E-state index in [-0.39, 0.29) is 0 Å². The van der Waals surface area contributed by atoms with Crippen molar-refractivity contribution in [1.29, 1.82) is 5.26 Å². The highest BCUT2D eigenvalue weighted by molar-refractivity contribution is 5.59. The fourth-order valence-electron chi connectivity index (χ4n) is 2.46. The van der Waals surface area contributed by atoms with Gasteiger partial charge in [-0.2, -0.15) is 5.26 Å². The van der Waals surface area contributed by atoms with Gasteiger partial charge in [0.1, 0.15) is 11.6 Å². The van der Waals surface area contributed by atoms with Crippen molar-refractivity contribution < 1.29 is 4.74 Å². The topological polar surface area (TPSA) is 71.9 Å². The van der Waals surface area contributed by atoms with Crippen molar-refractivity contribution in [2.24, 2.45) is 0 Å². The minimum atomic E-state index is 0.352. The van der Waals surface area contributed by atoms with Gasteiger partial charge in [-0.05, 0) is 49.4 Å². The van der Waals surface area contributed by atoms with Crippen LogP contribution in [0.15, 0.2) is 24.3 Å². The number of nitrogens with zero attached hydrogens (tertiary/aromatic N) is 2. The molecule has 2 N–H and O–H groups in total. The van der Waals surface area contributed by atoms with Crippen molar-refractivity contribution in [2.75, 3.05) is 5.73 Å². The molecule has 0 aliphatic heterocycles. The molecule has 0 saturated carbocycles. The summed E-state index contributed by atoms with van der Waals surface area (Å²) in [5, 5.41) is 9.25. The molecule has 2 aromatic rings. The second-order valence-electron chi connectivity index (χ2n) is 5.00. The summed E-state index contributed by atoms with van der Waals surface area (Å²) in [6, 6.07) is 9.62. The predicted octanol–water partition coefficient (Wildman–Crippen LogP) is 3.12. The Balaban J connectivity index is 2.03. The molecule has 1 aliphatic rings. The Morgan fingerprint density at radius 3 is 3.00 bits per heavy atom. The number of aryl methyl sites for hydroxylation is 3. The number of pyridine rings is 1. The van der Waals surface area contributed by atoms with Gasteiger partial charge >= 0.3 is 0 Å². The number of nitrogens with two attached hydrogens (primary N) is 1. The molecule has 0 atom stereocenters. The second-order valence-corrected chi connectivity index (χ2v) is 5.00. The van der Waals surface area contributed by atoms with Crippen molar-refractivity contribution in [3.63, 3.8) is 0 Å². The molecule has 0 saturated heterocycles. The number of rotatable bonds is 2. The number of fused-ring (bicyclic) bond motifs is 1. The van der Waals surface area contributed by atoms with Gasteiger partial charge < -0.3 is 10.5 Å². The lowest BCUT2D eigenvalue weighted by molar-refractivity contribution is 0.461. The zero-order chi connectivity index (χ0) is 14.1. The highest BCUT2D eigenvalue weighted by Gasteiger charge is 2.18. The smallest absolute Gasteiger partial charge is 0.237 e. The minimum absolute atomic E-state index is 0.352. The van der Waals surface area contributed by atoms with Crippen LogP contribution in [0.25, 0.3) is 0 Å². The highest BCUT2D eigenvalue weighted by atomic mass is 16.5. The Labute approximate surface area is 117 Å². The van der Waals surface area contributed by atoms with Crippen LogP contribution >= 0.6 is 0 Å². The molecule has 20 heavy (non-hydrogen) atoms. The van der Waals surface area contributed by atoms with Crippen molar-refractivity contribution in [3.8, 4) is 17.7 Å². The molecule has 3 rings (SSSR count). The summed E-state index contributed by atoms with van der Waals surface area (Å²) >= 11 is 0. The third kappa shape index (κ3) is 2.08. The minimum Gasteiger partial charge on any atom is -0.435 e.